The number of amides is 1. The van der Waals surface area contributed by atoms with Crippen molar-refractivity contribution < 1.29 is 13.2 Å². The van der Waals surface area contributed by atoms with E-state index in [1.165, 1.54) is 29.8 Å². The van der Waals surface area contributed by atoms with Crippen molar-refractivity contribution in [3.63, 3.8) is 0 Å². The van der Waals surface area contributed by atoms with Crippen LogP contribution in [0.4, 0.5) is 0 Å². The van der Waals surface area contributed by atoms with Crippen molar-refractivity contribution >= 4 is 15.9 Å². The van der Waals surface area contributed by atoms with Gasteiger partial charge in [-0.15, -0.1) is 0 Å². The lowest BCUT2D eigenvalue weighted by Crippen LogP contribution is -2.49. The number of piperidine rings is 2. The van der Waals surface area contributed by atoms with Gasteiger partial charge in [-0.2, -0.15) is 9.40 Å². The van der Waals surface area contributed by atoms with Gasteiger partial charge in [0.1, 0.15) is 4.90 Å². The molecule has 0 aliphatic carbocycles. The summed E-state index contributed by atoms with van der Waals surface area (Å²) in [5.74, 6) is -0.336. The number of rotatable bonds is 6. The van der Waals surface area contributed by atoms with E-state index < -0.39 is 10.0 Å². The molecule has 8 nitrogen and oxygen atoms in total. The van der Waals surface area contributed by atoms with Gasteiger partial charge in [-0.1, -0.05) is 6.42 Å². The smallest absolute Gasteiger partial charge is 0.246 e. The highest BCUT2D eigenvalue weighted by Crippen LogP contribution is 2.25. The van der Waals surface area contributed by atoms with E-state index in [0.29, 0.717) is 18.7 Å². The summed E-state index contributed by atoms with van der Waals surface area (Å²) < 4.78 is 29.0. The standard InChI is InChI=1S/C19H33N5O3S/c1-15(13-23-9-5-4-6-10-23)21-19(25)17-8-7-11-24(14-17)28(26,27)18-12-20-22(3)16(18)2/h12,15,17H,4-11,13-14H2,1-3H3,(H,21,25)/t15-,17-/m0/s1. The summed E-state index contributed by atoms with van der Waals surface area (Å²) in [6, 6.07) is 0.0677. The Morgan fingerprint density at radius 2 is 1.96 bits per heavy atom. The van der Waals surface area contributed by atoms with Gasteiger partial charge in [0, 0.05) is 32.7 Å². The van der Waals surface area contributed by atoms with Crippen molar-refractivity contribution in [1.82, 2.24) is 24.3 Å². The van der Waals surface area contributed by atoms with E-state index in [-0.39, 0.29) is 29.3 Å². The van der Waals surface area contributed by atoms with Crippen LogP contribution in [0.3, 0.4) is 0 Å². The molecule has 2 fully saturated rings. The van der Waals surface area contributed by atoms with Crippen LogP contribution < -0.4 is 5.32 Å². The molecule has 0 unspecified atom stereocenters. The Morgan fingerprint density at radius 3 is 2.61 bits per heavy atom. The maximum Gasteiger partial charge on any atom is 0.246 e. The molecule has 0 bridgehead atoms. The third-order valence-electron chi connectivity index (χ3n) is 5.93. The number of carbonyl (C=O) groups is 1. The molecule has 3 rings (SSSR count). The Bertz CT molecular complexity index is 785. The van der Waals surface area contributed by atoms with Crippen molar-refractivity contribution in [3.8, 4) is 0 Å². The van der Waals surface area contributed by atoms with Gasteiger partial charge in [0.25, 0.3) is 0 Å². The summed E-state index contributed by atoms with van der Waals surface area (Å²) in [6.07, 6.45) is 6.56. The van der Waals surface area contributed by atoms with Crippen molar-refractivity contribution in [2.75, 3.05) is 32.7 Å². The quantitative estimate of drug-likeness (QED) is 0.758. The summed E-state index contributed by atoms with van der Waals surface area (Å²) in [5.41, 5.74) is 0.613. The number of hydrogen-bond donors (Lipinski definition) is 1. The minimum atomic E-state index is -3.63. The molecule has 0 radical (unpaired) electrons. The summed E-state index contributed by atoms with van der Waals surface area (Å²) in [5, 5.41) is 7.16. The fourth-order valence-electron chi connectivity index (χ4n) is 4.18. The van der Waals surface area contributed by atoms with E-state index in [1.807, 2.05) is 6.92 Å². The van der Waals surface area contributed by atoms with Gasteiger partial charge in [-0.05, 0) is 52.6 Å². The molecule has 28 heavy (non-hydrogen) atoms. The van der Waals surface area contributed by atoms with E-state index in [0.717, 1.165) is 26.1 Å². The van der Waals surface area contributed by atoms with Crippen LogP contribution in [0.15, 0.2) is 11.1 Å². The first-order chi connectivity index (χ1) is 13.3. The van der Waals surface area contributed by atoms with E-state index in [9.17, 15) is 13.2 Å². The molecule has 158 valence electrons. The zero-order valence-corrected chi connectivity index (χ0v) is 18.0. The van der Waals surface area contributed by atoms with Crippen LogP contribution in [0.2, 0.25) is 0 Å². The number of aromatic nitrogens is 2. The van der Waals surface area contributed by atoms with E-state index in [2.05, 4.69) is 15.3 Å². The highest BCUT2D eigenvalue weighted by Gasteiger charge is 2.35. The molecule has 2 aliphatic rings. The molecular weight excluding hydrogens is 378 g/mol. The normalized spacial score (nSPS) is 23.5. The SMILES string of the molecule is Cc1c(S(=O)(=O)N2CCC[C@H](C(=O)N[C@@H](C)CN3CCCCC3)C2)cnn1C. The first-order valence-electron chi connectivity index (χ1n) is 10.3. The molecule has 2 saturated heterocycles. The Morgan fingerprint density at radius 1 is 1.25 bits per heavy atom. The minimum Gasteiger partial charge on any atom is -0.352 e. The van der Waals surface area contributed by atoms with Crippen molar-refractivity contribution in [1.29, 1.82) is 0 Å². The van der Waals surface area contributed by atoms with Crippen molar-refractivity contribution in [2.45, 2.75) is 56.9 Å². The van der Waals surface area contributed by atoms with Crippen LogP contribution in [0.5, 0.6) is 0 Å². The Labute approximate surface area is 168 Å². The number of hydrogen-bond acceptors (Lipinski definition) is 5. The second-order valence-corrected chi connectivity index (χ2v) is 10.1. The van der Waals surface area contributed by atoms with Gasteiger partial charge in [-0.25, -0.2) is 8.42 Å². The van der Waals surface area contributed by atoms with Crippen LogP contribution in [-0.4, -0.2) is 72.1 Å². The molecule has 2 aliphatic heterocycles. The number of nitrogens with zero attached hydrogens (tertiary/aromatic N) is 4. The number of nitrogens with one attached hydrogen (secondary N) is 1. The van der Waals surface area contributed by atoms with Gasteiger partial charge < -0.3 is 10.2 Å². The number of aryl methyl sites for hydroxylation is 1. The minimum absolute atomic E-state index is 0.0349. The van der Waals surface area contributed by atoms with Crippen molar-refractivity contribution in [2.24, 2.45) is 13.0 Å². The highest BCUT2D eigenvalue weighted by atomic mass is 32.2. The first kappa shape index (κ1) is 21.3. The maximum absolute atomic E-state index is 13.0. The van der Waals surface area contributed by atoms with Gasteiger partial charge in [0.2, 0.25) is 15.9 Å². The zero-order valence-electron chi connectivity index (χ0n) is 17.2. The molecule has 1 amide bonds. The summed E-state index contributed by atoms with van der Waals surface area (Å²) in [6.45, 7) is 7.51. The fraction of sp³-hybridized carbons (Fsp3) is 0.789. The van der Waals surface area contributed by atoms with Crippen molar-refractivity contribution in [3.05, 3.63) is 11.9 Å². The van der Waals surface area contributed by atoms with Crippen LogP contribution in [0.1, 0.15) is 44.7 Å². The third-order valence-corrected chi connectivity index (χ3v) is 7.90. The second kappa shape index (κ2) is 8.92. The number of likely N-dealkylation sites (tertiary alicyclic amines) is 1. The highest BCUT2D eigenvalue weighted by molar-refractivity contribution is 7.89. The molecule has 1 N–H and O–H groups in total. The largest absolute Gasteiger partial charge is 0.352 e. The van der Waals surface area contributed by atoms with E-state index in [1.54, 1.807) is 18.7 Å². The second-order valence-electron chi connectivity index (χ2n) is 8.19. The fourth-order valence-corrected chi connectivity index (χ4v) is 5.89. The van der Waals surface area contributed by atoms with Gasteiger partial charge in [0.15, 0.2) is 0 Å². The molecular formula is C19H33N5O3S. The first-order valence-corrected chi connectivity index (χ1v) is 11.7. The zero-order chi connectivity index (χ0) is 20.3. The number of sulfonamides is 1. The van der Waals surface area contributed by atoms with Gasteiger partial charge in [-0.3, -0.25) is 9.48 Å². The molecule has 2 atom stereocenters. The van der Waals surface area contributed by atoms with Crippen LogP contribution in [0.25, 0.3) is 0 Å². The molecule has 0 saturated carbocycles. The molecule has 0 aromatic carbocycles. The summed E-state index contributed by atoms with van der Waals surface area (Å²) in [4.78, 5) is 15.4. The maximum atomic E-state index is 13.0. The van der Waals surface area contributed by atoms with Gasteiger partial charge >= 0.3 is 0 Å². The van der Waals surface area contributed by atoms with E-state index in [4.69, 9.17) is 0 Å². The topological polar surface area (TPSA) is 87.5 Å². The van der Waals surface area contributed by atoms with Crippen LogP contribution >= 0.6 is 0 Å². The molecule has 1 aromatic heterocycles. The Balaban J connectivity index is 1.59. The molecule has 1 aromatic rings. The lowest BCUT2D eigenvalue weighted by Gasteiger charge is -2.33. The monoisotopic (exact) mass is 411 g/mol. The average molecular weight is 412 g/mol. The molecule has 0 spiro atoms. The third kappa shape index (κ3) is 4.75. The van der Waals surface area contributed by atoms with Gasteiger partial charge in [0.05, 0.1) is 17.8 Å². The average Bonchev–Trinajstić information content (AvgIpc) is 3.02. The molecule has 3 heterocycles. The Hall–Kier alpha value is -1.45. The van der Waals surface area contributed by atoms with Crippen LogP contribution in [0, 0.1) is 12.8 Å². The molecule has 9 heteroatoms. The summed E-state index contributed by atoms with van der Waals surface area (Å²) in [7, 11) is -1.90. The lowest BCUT2D eigenvalue weighted by molar-refractivity contribution is -0.126. The predicted molar refractivity (Wildman–Crippen MR) is 107 cm³/mol. The predicted octanol–water partition coefficient (Wildman–Crippen LogP) is 1.12. The van der Waals surface area contributed by atoms with Crippen LogP contribution in [-0.2, 0) is 21.9 Å². The number of carbonyl (C=O) groups excluding carboxylic acids is 1. The Kier molecular flexibility index (Phi) is 6.77. The summed E-state index contributed by atoms with van der Waals surface area (Å²) >= 11 is 0. The lowest BCUT2D eigenvalue weighted by atomic mass is 9.98. The van der Waals surface area contributed by atoms with E-state index >= 15 is 0 Å².